The van der Waals surface area contributed by atoms with Gasteiger partial charge in [0.15, 0.2) is 5.82 Å². The van der Waals surface area contributed by atoms with Gasteiger partial charge < -0.3 is 10.0 Å². The molecule has 24 heavy (non-hydrogen) atoms. The van der Waals surface area contributed by atoms with Crippen molar-refractivity contribution in [2.24, 2.45) is 0 Å². The first-order chi connectivity index (χ1) is 11.6. The van der Waals surface area contributed by atoms with E-state index >= 15 is 0 Å². The van der Waals surface area contributed by atoms with E-state index in [1.807, 2.05) is 35.2 Å². The third-order valence-electron chi connectivity index (χ3n) is 3.93. The largest absolute Gasteiger partial charge is 0.465 e. The van der Waals surface area contributed by atoms with Crippen molar-refractivity contribution >= 4 is 6.09 Å². The first-order valence-corrected chi connectivity index (χ1v) is 7.40. The molecule has 1 N–H and O–H groups in total. The van der Waals surface area contributed by atoms with Gasteiger partial charge in [0.1, 0.15) is 0 Å². The summed E-state index contributed by atoms with van der Waals surface area (Å²) in [5.41, 5.74) is 0.843. The molecular weight excluding hydrogens is 322 g/mol. The molecule has 0 aliphatic carbocycles. The van der Waals surface area contributed by atoms with Gasteiger partial charge in [-0.3, -0.25) is 4.90 Å². The molecule has 1 aromatic carbocycles. The Bertz CT molecular complexity index is 688. The lowest BCUT2D eigenvalue weighted by atomic mass is 10.0. The minimum atomic E-state index is -2.86. The van der Waals surface area contributed by atoms with Gasteiger partial charge in [-0.2, -0.15) is 8.78 Å². The van der Waals surface area contributed by atoms with Crippen LogP contribution in [0.25, 0.3) is 0 Å². The molecule has 10 heteroatoms. The van der Waals surface area contributed by atoms with Gasteiger partial charge in [-0.05, 0) is 10.8 Å². The van der Waals surface area contributed by atoms with Crippen LogP contribution >= 0.6 is 0 Å². The summed E-state index contributed by atoms with van der Waals surface area (Å²) in [4.78, 5) is 14.6. The Morgan fingerprint density at radius 3 is 2.33 bits per heavy atom. The molecule has 1 aliphatic rings. The normalized spacial score (nSPS) is 17.2. The Morgan fingerprint density at radius 2 is 1.79 bits per heavy atom. The fourth-order valence-electron chi connectivity index (χ4n) is 2.76. The van der Waals surface area contributed by atoms with E-state index in [0.29, 0.717) is 26.2 Å². The van der Waals surface area contributed by atoms with Gasteiger partial charge in [0.05, 0.1) is 6.04 Å². The molecule has 1 atom stereocenters. The number of rotatable bonds is 4. The molecule has 1 unspecified atom stereocenters. The fourth-order valence-corrected chi connectivity index (χ4v) is 2.76. The van der Waals surface area contributed by atoms with Crippen molar-refractivity contribution in [1.29, 1.82) is 0 Å². The maximum atomic E-state index is 12.7. The SMILES string of the molecule is O=C(O)N1CCN(C(c2ccccc2)c2nnn(C(F)F)n2)CC1. The Balaban J connectivity index is 1.87. The van der Waals surface area contributed by atoms with Gasteiger partial charge in [0.2, 0.25) is 0 Å². The molecule has 128 valence electrons. The molecular formula is C14H16F2N6O2. The van der Waals surface area contributed by atoms with Crippen LogP contribution in [0.5, 0.6) is 0 Å². The molecule has 1 saturated heterocycles. The zero-order chi connectivity index (χ0) is 17.1. The lowest BCUT2D eigenvalue weighted by Crippen LogP contribution is -2.49. The van der Waals surface area contributed by atoms with Crippen LogP contribution in [0.3, 0.4) is 0 Å². The molecule has 1 amide bonds. The number of halogens is 2. The summed E-state index contributed by atoms with van der Waals surface area (Å²) >= 11 is 0. The second-order valence-corrected chi connectivity index (χ2v) is 5.36. The maximum absolute atomic E-state index is 12.7. The maximum Gasteiger partial charge on any atom is 0.407 e. The number of nitrogens with zero attached hydrogens (tertiary/aromatic N) is 6. The van der Waals surface area contributed by atoms with Crippen molar-refractivity contribution in [2.45, 2.75) is 12.6 Å². The Kier molecular flexibility index (Phi) is 4.65. The van der Waals surface area contributed by atoms with Crippen LogP contribution in [0.1, 0.15) is 24.0 Å². The molecule has 1 aliphatic heterocycles. The number of carbonyl (C=O) groups is 1. The molecule has 0 saturated carbocycles. The minimum Gasteiger partial charge on any atom is -0.465 e. The van der Waals surface area contributed by atoms with Crippen LogP contribution < -0.4 is 0 Å². The molecule has 3 rings (SSSR count). The molecule has 1 fully saturated rings. The third kappa shape index (κ3) is 3.32. The highest BCUT2D eigenvalue weighted by Crippen LogP contribution is 2.27. The number of piperazine rings is 1. The fraction of sp³-hybridized carbons (Fsp3) is 0.429. The zero-order valence-electron chi connectivity index (χ0n) is 12.7. The topological polar surface area (TPSA) is 87.4 Å². The van der Waals surface area contributed by atoms with Crippen LogP contribution in [0, 0.1) is 0 Å². The number of tetrazole rings is 1. The predicted octanol–water partition coefficient (Wildman–Crippen LogP) is 1.45. The van der Waals surface area contributed by atoms with Gasteiger partial charge in [-0.1, -0.05) is 35.1 Å². The number of amides is 1. The van der Waals surface area contributed by atoms with E-state index in [2.05, 4.69) is 15.4 Å². The highest BCUT2D eigenvalue weighted by molar-refractivity contribution is 5.65. The number of alkyl halides is 2. The van der Waals surface area contributed by atoms with E-state index in [-0.39, 0.29) is 10.6 Å². The third-order valence-corrected chi connectivity index (χ3v) is 3.93. The molecule has 2 aromatic rings. The van der Waals surface area contributed by atoms with Gasteiger partial charge in [0, 0.05) is 26.2 Å². The van der Waals surface area contributed by atoms with E-state index in [4.69, 9.17) is 5.11 Å². The second kappa shape index (κ2) is 6.87. The molecule has 0 radical (unpaired) electrons. The summed E-state index contributed by atoms with van der Waals surface area (Å²) in [6.07, 6.45) is -0.965. The number of hydrogen-bond acceptors (Lipinski definition) is 5. The Morgan fingerprint density at radius 1 is 1.12 bits per heavy atom. The molecule has 2 heterocycles. The summed E-state index contributed by atoms with van der Waals surface area (Å²) in [6, 6.07) is 8.80. The first kappa shape index (κ1) is 16.2. The highest BCUT2D eigenvalue weighted by Gasteiger charge is 2.31. The lowest BCUT2D eigenvalue weighted by Gasteiger charge is -2.37. The van der Waals surface area contributed by atoms with E-state index in [9.17, 15) is 13.6 Å². The van der Waals surface area contributed by atoms with Gasteiger partial charge in [-0.15, -0.1) is 10.2 Å². The number of benzene rings is 1. The number of aromatic nitrogens is 4. The van der Waals surface area contributed by atoms with Crippen molar-refractivity contribution in [3.63, 3.8) is 0 Å². The van der Waals surface area contributed by atoms with Gasteiger partial charge >= 0.3 is 12.6 Å². The Labute approximate surface area is 136 Å². The van der Waals surface area contributed by atoms with E-state index < -0.39 is 18.7 Å². The van der Waals surface area contributed by atoms with Crippen LogP contribution in [0.4, 0.5) is 13.6 Å². The van der Waals surface area contributed by atoms with Crippen molar-refractivity contribution in [3.8, 4) is 0 Å². The van der Waals surface area contributed by atoms with Crippen molar-refractivity contribution < 1.29 is 18.7 Å². The summed E-state index contributed by atoms with van der Waals surface area (Å²) < 4.78 is 25.5. The van der Waals surface area contributed by atoms with Gasteiger partial charge in [-0.25, -0.2) is 4.79 Å². The van der Waals surface area contributed by atoms with Gasteiger partial charge in [0.25, 0.3) is 0 Å². The monoisotopic (exact) mass is 338 g/mol. The standard InChI is InChI=1S/C14H16F2N6O2/c15-13(16)22-18-12(17-19-22)11(10-4-2-1-3-5-10)20-6-8-21(9-7-20)14(23)24/h1-5,11,13H,6-9H2,(H,23,24). The predicted molar refractivity (Wildman–Crippen MR) is 78.5 cm³/mol. The van der Waals surface area contributed by atoms with Crippen molar-refractivity contribution in [3.05, 3.63) is 41.7 Å². The molecule has 1 aromatic heterocycles. The summed E-state index contributed by atoms with van der Waals surface area (Å²) in [6.45, 7) is -1.28. The minimum absolute atomic E-state index is 0.172. The average molecular weight is 338 g/mol. The summed E-state index contributed by atoms with van der Waals surface area (Å²) in [5, 5.41) is 20.0. The highest BCUT2D eigenvalue weighted by atomic mass is 19.3. The van der Waals surface area contributed by atoms with Crippen LogP contribution in [0.2, 0.25) is 0 Å². The van der Waals surface area contributed by atoms with Crippen LogP contribution in [-0.2, 0) is 0 Å². The Hall–Kier alpha value is -2.62. The summed E-state index contributed by atoms with van der Waals surface area (Å²) in [7, 11) is 0. The number of carboxylic acid groups (broad SMARTS) is 1. The smallest absolute Gasteiger partial charge is 0.407 e. The van der Waals surface area contributed by atoms with E-state index in [1.54, 1.807) is 0 Å². The molecule has 0 bridgehead atoms. The van der Waals surface area contributed by atoms with Crippen LogP contribution in [0.15, 0.2) is 30.3 Å². The van der Waals surface area contributed by atoms with Crippen molar-refractivity contribution in [2.75, 3.05) is 26.2 Å². The first-order valence-electron chi connectivity index (χ1n) is 7.40. The van der Waals surface area contributed by atoms with E-state index in [1.165, 1.54) is 4.90 Å². The van der Waals surface area contributed by atoms with Crippen molar-refractivity contribution in [1.82, 2.24) is 30.0 Å². The quantitative estimate of drug-likeness (QED) is 0.908. The molecule has 8 nitrogen and oxygen atoms in total. The van der Waals surface area contributed by atoms with E-state index in [0.717, 1.165) is 5.56 Å². The average Bonchev–Trinajstić information content (AvgIpc) is 3.06. The van der Waals surface area contributed by atoms with Crippen LogP contribution in [-0.4, -0.2) is 67.4 Å². The number of hydrogen-bond donors (Lipinski definition) is 1. The molecule has 0 spiro atoms. The lowest BCUT2D eigenvalue weighted by molar-refractivity contribution is 0.0387. The summed E-state index contributed by atoms with van der Waals surface area (Å²) in [5.74, 6) is 0.172. The second-order valence-electron chi connectivity index (χ2n) is 5.36. The zero-order valence-corrected chi connectivity index (χ0v) is 12.7.